The third-order valence-corrected chi connectivity index (χ3v) is 2.67. The molecule has 0 aliphatic carbocycles. The van der Waals surface area contributed by atoms with Gasteiger partial charge in [0.25, 0.3) is 0 Å². The summed E-state index contributed by atoms with van der Waals surface area (Å²) in [4.78, 5) is 19.8. The molecule has 2 aromatic rings. The first-order valence-corrected chi connectivity index (χ1v) is 5.78. The summed E-state index contributed by atoms with van der Waals surface area (Å²) in [5.74, 6) is 0.239. The van der Waals surface area contributed by atoms with Gasteiger partial charge in [0.15, 0.2) is 0 Å². The second-order valence-corrected chi connectivity index (χ2v) is 4.23. The van der Waals surface area contributed by atoms with E-state index in [0.717, 1.165) is 16.7 Å². The molecule has 1 amide bonds. The van der Waals surface area contributed by atoms with Crippen LogP contribution >= 0.6 is 0 Å². The molecule has 0 bridgehead atoms. The summed E-state index contributed by atoms with van der Waals surface area (Å²) in [6.07, 6.45) is 3.53. The zero-order valence-corrected chi connectivity index (χ0v) is 10.5. The number of aryl methyl sites for hydroxylation is 2. The minimum atomic E-state index is -0.102. The van der Waals surface area contributed by atoms with Crippen molar-refractivity contribution in [1.29, 1.82) is 0 Å². The number of nitrogens with one attached hydrogen (secondary N) is 1. The molecule has 2 rings (SSSR count). The van der Waals surface area contributed by atoms with Crippen molar-refractivity contribution < 1.29 is 4.79 Å². The van der Waals surface area contributed by atoms with E-state index in [2.05, 4.69) is 15.3 Å². The standard InChI is InChI=1S/C14H15N3O/c1-10-4-5-11(2)12(8-10)9-13(18)17-14-15-6-3-7-16-14/h3-8H,9H2,1-2H3,(H,15,16,17,18). The number of nitrogens with zero attached hydrogens (tertiary/aromatic N) is 2. The molecule has 0 saturated heterocycles. The number of benzene rings is 1. The number of anilines is 1. The van der Waals surface area contributed by atoms with Gasteiger partial charge in [0.2, 0.25) is 11.9 Å². The van der Waals surface area contributed by atoms with Crippen molar-refractivity contribution >= 4 is 11.9 Å². The van der Waals surface area contributed by atoms with Gasteiger partial charge in [-0.15, -0.1) is 0 Å². The highest BCUT2D eigenvalue weighted by atomic mass is 16.1. The zero-order chi connectivity index (χ0) is 13.0. The Hall–Kier alpha value is -2.23. The largest absolute Gasteiger partial charge is 0.294 e. The summed E-state index contributed by atoms with van der Waals surface area (Å²) in [7, 11) is 0. The Balaban J connectivity index is 2.05. The van der Waals surface area contributed by atoms with Crippen LogP contribution in [-0.2, 0) is 11.2 Å². The summed E-state index contributed by atoms with van der Waals surface area (Å²) in [5.41, 5.74) is 3.30. The van der Waals surface area contributed by atoms with Crippen molar-refractivity contribution in [2.75, 3.05) is 5.32 Å². The molecule has 0 saturated carbocycles. The van der Waals surface area contributed by atoms with Gasteiger partial charge in [-0.25, -0.2) is 9.97 Å². The quantitative estimate of drug-likeness (QED) is 0.896. The van der Waals surface area contributed by atoms with E-state index in [9.17, 15) is 4.79 Å². The molecule has 0 radical (unpaired) electrons. The maximum atomic E-state index is 11.9. The third kappa shape index (κ3) is 3.13. The maximum absolute atomic E-state index is 11.9. The number of carbonyl (C=O) groups excluding carboxylic acids is 1. The maximum Gasteiger partial charge on any atom is 0.231 e. The Bertz CT molecular complexity index is 552. The first-order valence-electron chi connectivity index (χ1n) is 5.78. The normalized spacial score (nSPS) is 10.1. The van der Waals surface area contributed by atoms with Gasteiger partial charge in [0.1, 0.15) is 0 Å². The lowest BCUT2D eigenvalue weighted by Gasteiger charge is -2.07. The number of hydrogen-bond acceptors (Lipinski definition) is 3. The lowest BCUT2D eigenvalue weighted by Crippen LogP contribution is -2.16. The molecule has 4 heteroatoms. The summed E-state index contributed by atoms with van der Waals surface area (Å²) in [5, 5.41) is 2.68. The molecule has 1 heterocycles. The average Bonchev–Trinajstić information content (AvgIpc) is 2.35. The number of rotatable bonds is 3. The monoisotopic (exact) mass is 241 g/mol. The second kappa shape index (κ2) is 5.40. The Morgan fingerprint density at radius 3 is 2.67 bits per heavy atom. The van der Waals surface area contributed by atoms with Gasteiger partial charge in [-0.05, 0) is 31.0 Å². The molecule has 0 aliphatic rings. The van der Waals surface area contributed by atoms with Gasteiger partial charge < -0.3 is 0 Å². The van der Waals surface area contributed by atoms with Gasteiger partial charge in [-0.3, -0.25) is 10.1 Å². The van der Waals surface area contributed by atoms with E-state index in [1.807, 2.05) is 32.0 Å². The molecule has 1 N–H and O–H groups in total. The van der Waals surface area contributed by atoms with Crippen LogP contribution in [0.15, 0.2) is 36.7 Å². The molecule has 18 heavy (non-hydrogen) atoms. The van der Waals surface area contributed by atoms with E-state index in [-0.39, 0.29) is 5.91 Å². The van der Waals surface area contributed by atoms with Crippen molar-refractivity contribution in [2.45, 2.75) is 20.3 Å². The lowest BCUT2D eigenvalue weighted by atomic mass is 10.0. The Morgan fingerprint density at radius 2 is 1.94 bits per heavy atom. The van der Waals surface area contributed by atoms with Gasteiger partial charge in [0.05, 0.1) is 6.42 Å². The van der Waals surface area contributed by atoms with Crippen molar-refractivity contribution in [3.05, 3.63) is 53.3 Å². The van der Waals surface area contributed by atoms with Crippen LogP contribution in [0.1, 0.15) is 16.7 Å². The van der Waals surface area contributed by atoms with Gasteiger partial charge >= 0.3 is 0 Å². The van der Waals surface area contributed by atoms with E-state index in [0.29, 0.717) is 12.4 Å². The van der Waals surface area contributed by atoms with Gasteiger partial charge in [0, 0.05) is 12.4 Å². The SMILES string of the molecule is Cc1ccc(C)c(CC(=O)Nc2ncccn2)c1. The molecule has 0 spiro atoms. The van der Waals surface area contributed by atoms with Crippen molar-refractivity contribution in [3.8, 4) is 0 Å². The van der Waals surface area contributed by atoms with E-state index in [1.54, 1.807) is 18.5 Å². The van der Waals surface area contributed by atoms with Crippen LogP contribution in [0.3, 0.4) is 0 Å². The second-order valence-electron chi connectivity index (χ2n) is 4.23. The highest BCUT2D eigenvalue weighted by Gasteiger charge is 2.07. The summed E-state index contributed by atoms with van der Waals surface area (Å²) in [6.45, 7) is 4.02. The molecule has 1 aromatic carbocycles. The van der Waals surface area contributed by atoms with Crippen LogP contribution in [0.25, 0.3) is 0 Å². The van der Waals surface area contributed by atoms with E-state index in [1.165, 1.54) is 0 Å². The molecule has 92 valence electrons. The fourth-order valence-electron chi connectivity index (χ4n) is 1.70. The van der Waals surface area contributed by atoms with E-state index in [4.69, 9.17) is 0 Å². The lowest BCUT2D eigenvalue weighted by molar-refractivity contribution is -0.115. The average molecular weight is 241 g/mol. The van der Waals surface area contributed by atoms with Gasteiger partial charge in [-0.2, -0.15) is 0 Å². The minimum Gasteiger partial charge on any atom is -0.294 e. The fourth-order valence-corrected chi connectivity index (χ4v) is 1.70. The fraction of sp³-hybridized carbons (Fsp3) is 0.214. The summed E-state index contributed by atoms with van der Waals surface area (Å²) in [6, 6.07) is 7.80. The van der Waals surface area contributed by atoms with Crippen LogP contribution < -0.4 is 5.32 Å². The smallest absolute Gasteiger partial charge is 0.231 e. The molecule has 1 aromatic heterocycles. The van der Waals surface area contributed by atoms with E-state index < -0.39 is 0 Å². The topological polar surface area (TPSA) is 54.9 Å². The molecule has 4 nitrogen and oxygen atoms in total. The zero-order valence-electron chi connectivity index (χ0n) is 10.5. The van der Waals surface area contributed by atoms with Crippen LogP contribution in [-0.4, -0.2) is 15.9 Å². The van der Waals surface area contributed by atoms with E-state index >= 15 is 0 Å². The molecule has 0 aliphatic heterocycles. The third-order valence-electron chi connectivity index (χ3n) is 2.67. The predicted molar refractivity (Wildman–Crippen MR) is 70.3 cm³/mol. The first-order chi connectivity index (χ1) is 8.65. The van der Waals surface area contributed by atoms with Crippen LogP contribution in [0.5, 0.6) is 0 Å². The Labute approximate surface area is 106 Å². The molecule has 0 atom stereocenters. The summed E-state index contributed by atoms with van der Waals surface area (Å²) >= 11 is 0. The first kappa shape index (κ1) is 12.2. The molecular weight excluding hydrogens is 226 g/mol. The number of aromatic nitrogens is 2. The number of amides is 1. The number of hydrogen-bond donors (Lipinski definition) is 1. The van der Waals surface area contributed by atoms with Gasteiger partial charge in [-0.1, -0.05) is 23.8 Å². The van der Waals surface area contributed by atoms with Crippen LogP contribution in [0.4, 0.5) is 5.95 Å². The summed E-state index contributed by atoms with van der Waals surface area (Å²) < 4.78 is 0. The minimum absolute atomic E-state index is 0.102. The van der Waals surface area contributed by atoms with Crippen LogP contribution in [0, 0.1) is 13.8 Å². The van der Waals surface area contributed by atoms with Crippen LogP contribution in [0.2, 0.25) is 0 Å². The van der Waals surface area contributed by atoms with Crippen molar-refractivity contribution in [1.82, 2.24) is 9.97 Å². The highest BCUT2D eigenvalue weighted by molar-refractivity contribution is 5.90. The number of carbonyl (C=O) groups is 1. The van der Waals surface area contributed by atoms with Crippen molar-refractivity contribution in [3.63, 3.8) is 0 Å². The molecule has 0 fully saturated rings. The molecular formula is C14H15N3O. The Kier molecular flexibility index (Phi) is 3.67. The molecule has 0 unspecified atom stereocenters. The Morgan fingerprint density at radius 1 is 1.22 bits per heavy atom. The predicted octanol–water partition coefficient (Wildman–Crippen LogP) is 2.27. The highest BCUT2D eigenvalue weighted by Crippen LogP contribution is 2.11. The van der Waals surface area contributed by atoms with Crippen molar-refractivity contribution in [2.24, 2.45) is 0 Å².